The van der Waals surface area contributed by atoms with Gasteiger partial charge < -0.3 is 16.0 Å². The van der Waals surface area contributed by atoms with E-state index in [0.29, 0.717) is 36.3 Å². The first kappa shape index (κ1) is 27.3. The zero-order valence-electron chi connectivity index (χ0n) is 22.5. The van der Waals surface area contributed by atoms with Crippen molar-refractivity contribution >= 4 is 34.8 Å². The number of anilines is 2. The molecule has 0 fully saturated rings. The average Bonchev–Trinajstić information content (AvgIpc) is 3.34. The SMILES string of the molecule is CNc1ccc2c(c1)NC(=O)C(C)CCCC(NC(=O)c1ncn(-c3cccc(Cl)c3F)c1C)c1cc-2ccn1. The van der Waals surface area contributed by atoms with Crippen molar-refractivity contribution in [2.24, 2.45) is 5.92 Å². The quantitative estimate of drug-likeness (QED) is 0.272. The van der Waals surface area contributed by atoms with Crippen LogP contribution >= 0.6 is 11.6 Å². The van der Waals surface area contributed by atoms with Crippen LogP contribution in [0.15, 0.2) is 61.1 Å². The van der Waals surface area contributed by atoms with Crippen LogP contribution in [0, 0.1) is 18.7 Å². The molecule has 2 unspecified atom stereocenters. The monoisotopic (exact) mass is 560 g/mol. The number of benzene rings is 2. The molecule has 40 heavy (non-hydrogen) atoms. The van der Waals surface area contributed by atoms with E-state index in [1.807, 2.05) is 44.3 Å². The van der Waals surface area contributed by atoms with Gasteiger partial charge in [0.1, 0.15) is 12.0 Å². The van der Waals surface area contributed by atoms with Crippen molar-refractivity contribution in [3.05, 3.63) is 89.0 Å². The number of imidazole rings is 1. The summed E-state index contributed by atoms with van der Waals surface area (Å²) in [4.78, 5) is 35.4. The molecule has 1 aliphatic heterocycles. The predicted molar refractivity (Wildman–Crippen MR) is 154 cm³/mol. The van der Waals surface area contributed by atoms with Gasteiger partial charge in [-0.05, 0) is 61.7 Å². The van der Waals surface area contributed by atoms with Crippen LogP contribution in [0.4, 0.5) is 15.8 Å². The Balaban J connectivity index is 1.49. The fourth-order valence-corrected chi connectivity index (χ4v) is 5.12. The van der Waals surface area contributed by atoms with E-state index in [-0.39, 0.29) is 28.2 Å². The second-order valence-corrected chi connectivity index (χ2v) is 10.4. The van der Waals surface area contributed by atoms with Crippen molar-refractivity contribution in [3.63, 3.8) is 0 Å². The number of aromatic nitrogens is 3. The highest BCUT2D eigenvalue weighted by atomic mass is 35.5. The highest BCUT2D eigenvalue weighted by molar-refractivity contribution is 6.30. The van der Waals surface area contributed by atoms with Crippen molar-refractivity contribution in [1.29, 1.82) is 0 Å². The maximum Gasteiger partial charge on any atom is 0.272 e. The largest absolute Gasteiger partial charge is 0.388 e. The number of hydrogen-bond acceptors (Lipinski definition) is 5. The van der Waals surface area contributed by atoms with Gasteiger partial charge >= 0.3 is 0 Å². The Morgan fingerprint density at radius 3 is 2.77 bits per heavy atom. The zero-order chi connectivity index (χ0) is 28.4. The van der Waals surface area contributed by atoms with Crippen LogP contribution in [-0.2, 0) is 4.79 Å². The van der Waals surface area contributed by atoms with Gasteiger partial charge in [0.25, 0.3) is 5.91 Å². The average molecular weight is 561 g/mol. The highest BCUT2D eigenvalue weighted by Gasteiger charge is 2.24. The summed E-state index contributed by atoms with van der Waals surface area (Å²) >= 11 is 5.96. The summed E-state index contributed by atoms with van der Waals surface area (Å²) in [5.41, 5.74) is 4.88. The molecule has 3 heterocycles. The second-order valence-electron chi connectivity index (χ2n) is 9.95. The van der Waals surface area contributed by atoms with E-state index in [4.69, 9.17) is 11.6 Å². The summed E-state index contributed by atoms with van der Waals surface area (Å²) in [6.07, 6.45) is 5.03. The number of nitrogens with one attached hydrogen (secondary N) is 3. The van der Waals surface area contributed by atoms with E-state index < -0.39 is 17.8 Å². The molecule has 206 valence electrons. The smallest absolute Gasteiger partial charge is 0.272 e. The molecule has 2 amide bonds. The summed E-state index contributed by atoms with van der Waals surface area (Å²) < 4.78 is 16.2. The van der Waals surface area contributed by atoms with Gasteiger partial charge in [0.15, 0.2) is 5.82 Å². The zero-order valence-corrected chi connectivity index (χ0v) is 23.2. The molecule has 2 aromatic carbocycles. The molecule has 4 aromatic rings. The highest BCUT2D eigenvalue weighted by Crippen LogP contribution is 2.34. The summed E-state index contributed by atoms with van der Waals surface area (Å²) in [5.74, 6) is -1.26. The van der Waals surface area contributed by atoms with Crippen LogP contribution < -0.4 is 16.0 Å². The Kier molecular flexibility index (Phi) is 7.84. The van der Waals surface area contributed by atoms with Crippen LogP contribution in [0.3, 0.4) is 0 Å². The molecule has 2 aromatic heterocycles. The van der Waals surface area contributed by atoms with Crippen molar-refractivity contribution in [3.8, 4) is 16.8 Å². The fourth-order valence-electron chi connectivity index (χ4n) is 4.95. The van der Waals surface area contributed by atoms with Gasteiger partial charge in [-0.3, -0.25) is 19.1 Å². The molecule has 1 aliphatic rings. The lowest BCUT2D eigenvalue weighted by Crippen LogP contribution is -2.30. The van der Waals surface area contributed by atoms with Gasteiger partial charge in [-0.15, -0.1) is 0 Å². The van der Waals surface area contributed by atoms with Crippen LogP contribution in [-0.4, -0.2) is 33.4 Å². The van der Waals surface area contributed by atoms with E-state index >= 15 is 0 Å². The number of halogens is 2. The number of carbonyl (C=O) groups is 2. The van der Waals surface area contributed by atoms with Crippen LogP contribution in [0.25, 0.3) is 16.8 Å². The Morgan fingerprint density at radius 1 is 1.15 bits per heavy atom. The van der Waals surface area contributed by atoms with E-state index in [2.05, 4.69) is 25.9 Å². The molecular weight excluding hydrogens is 531 g/mol. The number of rotatable bonds is 4. The van der Waals surface area contributed by atoms with Gasteiger partial charge in [0.2, 0.25) is 5.91 Å². The minimum atomic E-state index is -0.586. The van der Waals surface area contributed by atoms with Gasteiger partial charge in [0, 0.05) is 30.4 Å². The first-order valence-corrected chi connectivity index (χ1v) is 13.5. The molecule has 2 atom stereocenters. The minimum Gasteiger partial charge on any atom is -0.388 e. The first-order valence-electron chi connectivity index (χ1n) is 13.1. The van der Waals surface area contributed by atoms with E-state index in [0.717, 1.165) is 16.8 Å². The molecule has 0 spiro atoms. The molecule has 0 saturated heterocycles. The molecule has 2 bridgehead atoms. The lowest BCUT2D eigenvalue weighted by molar-refractivity contribution is -0.119. The third-order valence-electron chi connectivity index (χ3n) is 7.31. The number of fused-ring (bicyclic) bond motifs is 4. The third-order valence-corrected chi connectivity index (χ3v) is 7.60. The van der Waals surface area contributed by atoms with Gasteiger partial charge in [-0.1, -0.05) is 37.1 Å². The Morgan fingerprint density at radius 2 is 1.98 bits per heavy atom. The van der Waals surface area contributed by atoms with Crippen molar-refractivity contribution < 1.29 is 14.0 Å². The standard InChI is InChI=1S/C30H30ClFN6O2/c1-17-6-4-8-23(36-30(40)28-18(2)38(16-35-28)26-9-5-7-22(31)27(26)32)25-14-19(12-13-34-25)21-11-10-20(33-3)15-24(21)37-29(17)39/h5,7,9-17,23,33H,4,6,8H2,1-3H3,(H,36,40)(H,37,39). The van der Waals surface area contributed by atoms with Gasteiger partial charge in [0.05, 0.1) is 33.8 Å². The topological polar surface area (TPSA) is 101 Å². The van der Waals surface area contributed by atoms with Crippen molar-refractivity contribution in [1.82, 2.24) is 19.9 Å². The maximum absolute atomic E-state index is 14.7. The van der Waals surface area contributed by atoms with Crippen LogP contribution in [0.2, 0.25) is 5.02 Å². The number of carbonyl (C=O) groups excluding carboxylic acids is 2. The van der Waals surface area contributed by atoms with Crippen molar-refractivity contribution in [2.45, 2.75) is 39.2 Å². The summed E-state index contributed by atoms with van der Waals surface area (Å²) in [6, 6.07) is 13.9. The Bertz CT molecular complexity index is 1590. The lowest BCUT2D eigenvalue weighted by Gasteiger charge is -2.22. The Hall–Kier alpha value is -4.24. The van der Waals surface area contributed by atoms with Crippen LogP contribution in [0.1, 0.15) is 54.1 Å². The first-order chi connectivity index (χ1) is 19.3. The van der Waals surface area contributed by atoms with E-state index in [1.54, 1.807) is 25.3 Å². The fraction of sp³-hybridized carbons (Fsp3) is 0.267. The minimum absolute atomic E-state index is 0.0116. The predicted octanol–water partition coefficient (Wildman–Crippen LogP) is 6.31. The molecule has 5 rings (SSSR count). The second kappa shape index (κ2) is 11.5. The lowest BCUT2D eigenvalue weighted by atomic mass is 9.95. The normalized spacial score (nSPS) is 17.2. The maximum atomic E-state index is 14.7. The number of hydrogen-bond donors (Lipinski definition) is 3. The Labute approximate surface area is 237 Å². The molecule has 3 N–H and O–H groups in total. The van der Waals surface area contributed by atoms with Crippen LogP contribution in [0.5, 0.6) is 0 Å². The number of nitrogens with zero attached hydrogens (tertiary/aromatic N) is 3. The molecule has 0 radical (unpaired) electrons. The number of pyridine rings is 1. The number of amides is 2. The molecule has 0 saturated carbocycles. The molecule has 8 nitrogen and oxygen atoms in total. The summed E-state index contributed by atoms with van der Waals surface area (Å²) in [7, 11) is 1.83. The third kappa shape index (κ3) is 5.42. The van der Waals surface area contributed by atoms with E-state index in [9.17, 15) is 14.0 Å². The molecule has 0 aliphatic carbocycles. The van der Waals surface area contributed by atoms with Crippen molar-refractivity contribution in [2.75, 3.05) is 17.7 Å². The molecule has 10 heteroatoms. The molecular formula is C30H30ClFN6O2. The van der Waals surface area contributed by atoms with E-state index in [1.165, 1.54) is 17.0 Å². The van der Waals surface area contributed by atoms with Gasteiger partial charge in [-0.2, -0.15) is 0 Å². The summed E-state index contributed by atoms with van der Waals surface area (Å²) in [5, 5.41) is 9.28. The summed E-state index contributed by atoms with van der Waals surface area (Å²) in [6.45, 7) is 3.61. The van der Waals surface area contributed by atoms with Gasteiger partial charge in [-0.25, -0.2) is 9.37 Å².